The van der Waals surface area contributed by atoms with Gasteiger partial charge in [-0.3, -0.25) is 4.90 Å². The van der Waals surface area contributed by atoms with E-state index in [0.717, 1.165) is 18.7 Å². The lowest BCUT2D eigenvalue weighted by molar-refractivity contribution is 0.170. The Hall–Kier alpha value is -1.54. The summed E-state index contributed by atoms with van der Waals surface area (Å²) in [6, 6.07) is 7.61. The molecule has 1 unspecified atom stereocenters. The molecule has 0 N–H and O–H groups in total. The standard InChI is InChI=1S/C23H37NO/c1-9-11-20(10-2)21(14-15-24(17(3)4)18(5)6)22-16-19(7)12-13-23(22)25-8/h9-13,16-18,21H,14-15H2,1-8H3. The molecule has 1 rings (SSSR count). The molecule has 0 saturated heterocycles. The van der Waals surface area contributed by atoms with Crippen molar-refractivity contribution >= 4 is 0 Å². The summed E-state index contributed by atoms with van der Waals surface area (Å²) in [5.74, 6) is 1.33. The number of hydrogen-bond acceptors (Lipinski definition) is 2. The number of allylic oxidation sites excluding steroid dienone is 4. The summed E-state index contributed by atoms with van der Waals surface area (Å²) < 4.78 is 5.69. The third-order valence-electron chi connectivity index (χ3n) is 4.86. The monoisotopic (exact) mass is 343 g/mol. The van der Waals surface area contributed by atoms with Gasteiger partial charge in [0.15, 0.2) is 0 Å². The van der Waals surface area contributed by atoms with Crippen LogP contribution in [0.5, 0.6) is 5.75 Å². The van der Waals surface area contributed by atoms with Gasteiger partial charge in [0.05, 0.1) is 7.11 Å². The van der Waals surface area contributed by atoms with Gasteiger partial charge in [-0.25, -0.2) is 0 Å². The number of benzene rings is 1. The van der Waals surface area contributed by atoms with E-state index >= 15 is 0 Å². The van der Waals surface area contributed by atoms with Crippen LogP contribution in [0.2, 0.25) is 0 Å². The Morgan fingerprint density at radius 3 is 2.24 bits per heavy atom. The molecule has 0 aromatic heterocycles. The van der Waals surface area contributed by atoms with E-state index < -0.39 is 0 Å². The van der Waals surface area contributed by atoms with Gasteiger partial charge in [0.1, 0.15) is 5.75 Å². The van der Waals surface area contributed by atoms with Gasteiger partial charge in [-0.1, -0.05) is 35.9 Å². The Morgan fingerprint density at radius 1 is 1.12 bits per heavy atom. The molecule has 0 spiro atoms. The normalized spacial score (nSPS) is 14.1. The minimum Gasteiger partial charge on any atom is -0.496 e. The molecule has 0 radical (unpaired) electrons. The van der Waals surface area contributed by atoms with Crippen LogP contribution >= 0.6 is 0 Å². The molecule has 0 aliphatic carbocycles. The zero-order chi connectivity index (χ0) is 19.0. The maximum atomic E-state index is 5.69. The fourth-order valence-electron chi connectivity index (χ4n) is 3.62. The van der Waals surface area contributed by atoms with Gasteiger partial charge in [-0.15, -0.1) is 0 Å². The molecule has 0 fully saturated rings. The first-order valence-electron chi connectivity index (χ1n) is 9.54. The number of rotatable bonds is 9. The number of hydrogen-bond donors (Lipinski definition) is 0. The molecule has 1 atom stereocenters. The van der Waals surface area contributed by atoms with E-state index in [0.29, 0.717) is 18.0 Å². The Morgan fingerprint density at radius 2 is 1.76 bits per heavy atom. The molecule has 0 saturated carbocycles. The van der Waals surface area contributed by atoms with Crippen molar-refractivity contribution in [2.75, 3.05) is 13.7 Å². The average molecular weight is 344 g/mol. The topological polar surface area (TPSA) is 12.5 Å². The van der Waals surface area contributed by atoms with Crippen LogP contribution in [0.4, 0.5) is 0 Å². The van der Waals surface area contributed by atoms with Crippen molar-refractivity contribution in [1.29, 1.82) is 0 Å². The highest BCUT2D eigenvalue weighted by molar-refractivity contribution is 5.45. The van der Waals surface area contributed by atoms with E-state index in [2.05, 4.69) is 89.8 Å². The predicted molar refractivity (Wildman–Crippen MR) is 111 cm³/mol. The van der Waals surface area contributed by atoms with Gasteiger partial charge in [0, 0.05) is 23.6 Å². The summed E-state index contributed by atoms with van der Waals surface area (Å²) in [4.78, 5) is 2.57. The Bertz CT molecular complexity index is 576. The largest absolute Gasteiger partial charge is 0.496 e. The maximum absolute atomic E-state index is 5.69. The highest BCUT2D eigenvalue weighted by Gasteiger charge is 2.22. The smallest absolute Gasteiger partial charge is 0.122 e. The first kappa shape index (κ1) is 21.5. The third-order valence-corrected chi connectivity index (χ3v) is 4.86. The molecule has 1 aromatic carbocycles. The molecule has 0 heterocycles. The fraction of sp³-hybridized carbons (Fsp3) is 0.565. The average Bonchev–Trinajstić information content (AvgIpc) is 2.56. The summed E-state index contributed by atoms with van der Waals surface area (Å²) >= 11 is 0. The quantitative estimate of drug-likeness (QED) is 0.501. The van der Waals surface area contributed by atoms with E-state index in [1.54, 1.807) is 7.11 Å². The van der Waals surface area contributed by atoms with Crippen LogP contribution in [-0.4, -0.2) is 30.6 Å². The molecule has 1 aromatic rings. The number of aryl methyl sites for hydroxylation is 1. The zero-order valence-electron chi connectivity index (χ0n) is 17.5. The molecule has 0 bridgehead atoms. The van der Waals surface area contributed by atoms with Crippen molar-refractivity contribution in [2.45, 2.75) is 72.9 Å². The second-order valence-electron chi connectivity index (χ2n) is 7.30. The van der Waals surface area contributed by atoms with Gasteiger partial charge < -0.3 is 4.74 Å². The number of ether oxygens (including phenoxy) is 1. The molecule has 140 valence electrons. The first-order valence-corrected chi connectivity index (χ1v) is 9.54. The van der Waals surface area contributed by atoms with Gasteiger partial charge >= 0.3 is 0 Å². The summed E-state index contributed by atoms with van der Waals surface area (Å²) in [7, 11) is 1.77. The van der Waals surface area contributed by atoms with Crippen molar-refractivity contribution in [3.05, 3.63) is 53.1 Å². The van der Waals surface area contributed by atoms with Crippen LogP contribution in [0.3, 0.4) is 0 Å². The van der Waals surface area contributed by atoms with Crippen molar-refractivity contribution < 1.29 is 4.74 Å². The summed E-state index contributed by atoms with van der Waals surface area (Å²) in [6.45, 7) is 16.6. The van der Waals surface area contributed by atoms with E-state index in [1.807, 2.05) is 0 Å². The van der Waals surface area contributed by atoms with Crippen LogP contribution in [0, 0.1) is 6.92 Å². The van der Waals surface area contributed by atoms with E-state index in [1.165, 1.54) is 16.7 Å². The molecule has 0 aliphatic heterocycles. The van der Waals surface area contributed by atoms with E-state index in [4.69, 9.17) is 4.74 Å². The Labute approximate surface area is 155 Å². The maximum Gasteiger partial charge on any atom is 0.122 e. The lowest BCUT2D eigenvalue weighted by atomic mass is 9.86. The number of nitrogens with zero attached hydrogens (tertiary/aromatic N) is 1. The Kier molecular flexibility index (Phi) is 8.99. The molecular weight excluding hydrogens is 306 g/mol. The van der Waals surface area contributed by atoms with Crippen molar-refractivity contribution in [1.82, 2.24) is 4.90 Å². The third kappa shape index (κ3) is 6.04. The van der Waals surface area contributed by atoms with Gasteiger partial charge in [-0.2, -0.15) is 0 Å². The van der Waals surface area contributed by atoms with Crippen LogP contribution < -0.4 is 4.74 Å². The second kappa shape index (κ2) is 10.5. The van der Waals surface area contributed by atoms with Crippen LogP contribution in [-0.2, 0) is 0 Å². The summed E-state index contributed by atoms with van der Waals surface area (Å²) in [5.41, 5.74) is 3.93. The minimum atomic E-state index is 0.344. The van der Waals surface area contributed by atoms with Gasteiger partial charge in [0.2, 0.25) is 0 Å². The van der Waals surface area contributed by atoms with Crippen molar-refractivity contribution in [2.24, 2.45) is 0 Å². The lowest BCUT2D eigenvalue weighted by Gasteiger charge is -2.32. The predicted octanol–water partition coefficient (Wildman–Crippen LogP) is 6.12. The van der Waals surface area contributed by atoms with Crippen molar-refractivity contribution in [3.8, 4) is 5.75 Å². The molecular formula is C23H37NO. The molecule has 2 heteroatoms. The zero-order valence-corrected chi connectivity index (χ0v) is 17.5. The van der Waals surface area contributed by atoms with Crippen molar-refractivity contribution in [3.63, 3.8) is 0 Å². The van der Waals surface area contributed by atoms with E-state index in [9.17, 15) is 0 Å². The highest BCUT2D eigenvalue weighted by Crippen LogP contribution is 2.36. The lowest BCUT2D eigenvalue weighted by Crippen LogP contribution is -2.38. The van der Waals surface area contributed by atoms with Crippen LogP contribution in [0.1, 0.15) is 65.0 Å². The summed E-state index contributed by atoms with van der Waals surface area (Å²) in [6.07, 6.45) is 7.69. The second-order valence-corrected chi connectivity index (χ2v) is 7.30. The Balaban J connectivity index is 3.25. The van der Waals surface area contributed by atoms with E-state index in [-0.39, 0.29) is 0 Å². The minimum absolute atomic E-state index is 0.344. The molecule has 2 nitrogen and oxygen atoms in total. The van der Waals surface area contributed by atoms with Gasteiger partial charge in [0.25, 0.3) is 0 Å². The molecule has 0 amide bonds. The fourth-order valence-corrected chi connectivity index (χ4v) is 3.62. The molecule has 0 aliphatic rings. The molecule has 25 heavy (non-hydrogen) atoms. The van der Waals surface area contributed by atoms with Crippen LogP contribution in [0.15, 0.2) is 42.0 Å². The van der Waals surface area contributed by atoms with Gasteiger partial charge in [-0.05, 0) is 73.1 Å². The SMILES string of the molecule is CC=CC(=CC)C(CCN(C(C)C)C(C)C)c1cc(C)ccc1OC. The summed E-state index contributed by atoms with van der Waals surface area (Å²) in [5, 5.41) is 0. The number of methoxy groups -OCH3 is 1. The van der Waals surface area contributed by atoms with Crippen LogP contribution in [0.25, 0.3) is 0 Å². The highest BCUT2D eigenvalue weighted by atomic mass is 16.5. The first-order chi connectivity index (χ1) is 11.8.